The van der Waals surface area contributed by atoms with Gasteiger partial charge in [0.05, 0.1) is 19.1 Å². The Hall–Kier alpha value is -2.38. The summed E-state index contributed by atoms with van der Waals surface area (Å²) in [5.41, 5.74) is 10.6. The van der Waals surface area contributed by atoms with Crippen LogP contribution in [-0.4, -0.2) is 82.6 Å². The molecule has 0 aliphatic heterocycles. The average molecular weight is 464 g/mol. The molecule has 0 fully saturated rings. The number of nitrogens with one attached hydrogen (secondary N) is 3. The molecule has 31 heavy (non-hydrogen) atoms. The first-order valence-corrected chi connectivity index (χ1v) is 11.1. The SMILES string of the molecule is CSCCC(NC(=O)C(N)CC(N)=O)C(=O)NC(CO)C(=O)NC(CC(C)C)C(=O)O. The lowest BCUT2D eigenvalue weighted by molar-refractivity contribution is -0.143. The number of hydrogen-bond acceptors (Lipinski definition) is 8. The van der Waals surface area contributed by atoms with Crippen molar-refractivity contribution in [1.82, 2.24) is 16.0 Å². The van der Waals surface area contributed by atoms with Gasteiger partial charge in [-0.15, -0.1) is 0 Å². The van der Waals surface area contributed by atoms with Gasteiger partial charge in [-0.1, -0.05) is 13.8 Å². The van der Waals surface area contributed by atoms with Crippen LogP contribution in [0.4, 0.5) is 0 Å². The lowest BCUT2D eigenvalue weighted by atomic mass is 10.0. The quantitative estimate of drug-likeness (QED) is 0.137. The zero-order valence-electron chi connectivity index (χ0n) is 17.9. The number of carbonyl (C=O) groups is 5. The van der Waals surface area contributed by atoms with Crippen LogP contribution < -0.4 is 27.4 Å². The summed E-state index contributed by atoms with van der Waals surface area (Å²) in [4.78, 5) is 59.4. The Balaban J connectivity index is 5.20. The smallest absolute Gasteiger partial charge is 0.326 e. The molecule has 0 saturated heterocycles. The number of hydrogen-bond donors (Lipinski definition) is 7. The fourth-order valence-corrected chi connectivity index (χ4v) is 3.00. The normalized spacial score (nSPS) is 14.8. The third-order valence-corrected chi connectivity index (χ3v) is 4.78. The second kappa shape index (κ2) is 14.6. The van der Waals surface area contributed by atoms with E-state index < -0.39 is 66.8 Å². The molecule has 0 aromatic heterocycles. The second-order valence-electron chi connectivity index (χ2n) is 7.39. The van der Waals surface area contributed by atoms with Gasteiger partial charge in [0.15, 0.2) is 0 Å². The number of carbonyl (C=O) groups excluding carboxylic acids is 4. The van der Waals surface area contributed by atoms with Crippen molar-refractivity contribution < 1.29 is 34.2 Å². The summed E-state index contributed by atoms with van der Waals surface area (Å²) in [6.07, 6.45) is 1.74. The molecule has 0 rings (SSSR count). The molecule has 0 spiro atoms. The molecule has 12 nitrogen and oxygen atoms in total. The average Bonchev–Trinajstić information content (AvgIpc) is 2.67. The molecule has 178 valence electrons. The van der Waals surface area contributed by atoms with E-state index >= 15 is 0 Å². The Kier molecular flexibility index (Phi) is 13.5. The van der Waals surface area contributed by atoms with Crippen molar-refractivity contribution in [2.24, 2.45) is 17.4 Å². The van der Waals surface area contributed by atoms with Crippen LogP contribution in [0.1, 0.15) is 33.1 Å². The number of amides is 4. The van der Waals surface area contributed by atoms with Gasteiger partial charge >= 0.3 is 5.97 Å². The predicted molar refractivity (Wildman–Crippen MR) is 115 cm³/mol. The maximum atomic E-state index is 12.6. The topological polar surface area (TPSA) is 214 Å². The Morgan fingerprint density at radius 1 is 0.935 bits per heavy atom. The van der Waals surface area contributed by atoms with E-state index in [0.717, 1.165) is 0 Å². The molecule has 0 aliphatic carbocycles. The van der Waals surface area contributed by atoms with Gasteiger partial charge < -0.3 is 37.6 Å². The molecular formula is C18H33N5O7S. The third-order valence-electron chi connectivity index (χ3n) is 4.14. The summed E-state index contributed by atoms with van der Waals surface area (Å²) in [6.45, 7) is 2.79. The van der Waals surface area contributed by atoms with E-state index in [9.17, 15) is 34.2 Å². The molecule has 0 bridgehead atoms. The molecule has 0 heterocycles. The number of aliphatic carboxylic acids is 1. The Morgan fingerprint density at radius 3 is 1.90 bits per heavy atom. The van der Waals surface area contributed by atoms with Gasteiger partial charge in [-0.3, -0.25) is 19.2 Å². The minimum absolute atomic E-state index is 0.0145. The van der Waals surface area contributed by atoms with Crippen LogP contribution in [0.2, 0.25) is 0 Å². The van der Waals surface area contributed by atoms with Crippen molar-refractivity contribution in [2.75, 3.05) is 18.6 Å². The van der Waals surface area contributed by atoms with Crippen molar-refractivity contribution in [2.45, 2.75) is 57.3 Å². The van der Waals surface area contributed by atoms with Crippen LogP contribution in [0, 0.1) is 5.92 Å². The number of primary amides is 1. The van der Waals surface area contributed by atoms with Gasteiger partial charge in [-0.05, 0) is 30.8 Å². The number of thioether (sulfide) groups is 1. The first-order chi connectivity index (χ1) is 14.4. The van der Waals surface area contributed by atoms with Crippen LogP contribution in [-0.2, 0) is 24.0 Å². The molecule has 0 aromatic carbocycles. The molecule has 0 aromatic rings. The van der Waals surface area contributed by atoms with Gasteiger partial charge in [0.2, 0.25) is 23.6 Å². The lowest BCUT2D eigenvalue weighted by Gasteiger charge is -2.24. The largest absolute Gasteiger partial charge is 0.480 e. The van der Waals surface area contributed by atoms with E-state index in [2.05, 4.69) is 16.0 Å². The zero-order valence-corrected chi connectivity index (χ0v) is 18.7. The van der Waals surface area contributed by atoms with Crippen LogP contribution in [0.15, 0.2) is 0 Å². The molecule has 0 radical (unpaired) electrons. The molecule has 4 atom stereocenters. The summed E-state index contributed by atoms with van der Waals surface area (Å²) in [6, 6.07) is -4.94. The predicted octanol–water partition coefficient (Wildman–Crippen LogP) is -2.48. The standard InChI is InChI=1S/C18H33N5O7S/c1-9(2)6-12(18(29)30)22-17(28)13(8-24)23-16(27)11(4-5-31-3)21-15(26)10(19)7-14(20)25/h9-13,24H,4-8,19H2,1-3H3,(H2,20,25)(H,21,26)(H,22,28)(H,23,27)(H,29,30). The Bertz CT molecular complexity index is 647. The number of carboxylic acid groups (broad SMARTS) is 1. The maximum Gasteiger partial charge on any atom is 0.326 e. The molecule has 0 aliphatic rings. The summed E-state index contributed by atoms with van der Waals surface area (Å²) < 4.78 is 0. The van der Waals surface area contributed by atoms with Gasteiger partial charge in [0.25, 0.3) is 0 Å². The first kappa shape index (κ1) is 28.6. The summed E-state index contributed by atoms with van der Waals surface area (Å²) in [7, 11) is 0. The number of rotatable bonds is 15. The highest BCUT2D eigenvalue weighted by atomic mass is 32.2. The van der Waals surface area contributed by atoms with Gasteiger partial charge in [0, 0.05) is 0 Å². The highest BCUT2D eigenvalue weighted by Crippen LogP contribution is 2.06. The van der Waals surface area contributed by atoms with E-state index in [1.807, 2.05) is 0 Å². The van der Waals surface area contributed by atoms with Crippen LogP contribution in [0.25, 0.3) is 0 Å². The first-order valence-electron chi connectivity index (χ1n) is 9.70. The zero-order chi connectivity index (χ0) is 24.1. The minimum Gasteiger partial charge on any atom is -0.480 e. The van der Waals surface area contributed by atoms with E-state index in [1.54, 1.807) is 20.1 Å². The molecule has 4 amide bonds. The highest BCUT2D eigenvalue weighted by molar-refractivity contribution is 7.98. The molecule has 9 N–H and O–H groups in total. The fraction of sp³-hybridized carbons (Fsp3) is 0.722. The number of nitrogens with two attached hydrogens (primary N) is 2. The van der Waals surface area contributed by atoms with Crippen molar-refractivity contribution in [1.29, 1.82) is 0 Å². The van der Waals surface area contributed by atoms with E-state index in [4.69, 9.17) is 11.5 Å². The molecule has 4 unspecified atom stereocenters. The number of aliphatic hydroxyl groups excluding tert-OH is 1. The third kappa shape index (κ3) is 11.5. The molecule has 13 heteroatoms. The van der Waals surface area contributed by atoms with E-state index in [0.29, 0.717) is 5.75 Å². The maximum absolute atomic E-state index is 12.6. The van der Waals surface area contributed by atoms with Crippen molar-refractivity contribution in [3.63, 3.8) is 0 Å². The highest BCUT2D eigenvalue weighted by Gasteiger charge is 2.30. The van der Waals surface area contributed by atoms with E-state index in [1.165, 1.54) is 11.8 Å². The van der Waals surface area contributed by atoms with Crippen molar-refractivity contribution >= 4 is 41.4 Å². The summed E-state index contributed by atoms with van der Waals surface area (Å²) in [5, 5.41) is 25.8. The Labute approximate surface area is 185 Å². The van der Waals surface area contributed by atoms with Crippen molar-refractivity contribution in [3.8, 4) is 0 Å². The van der Waals surface area contributed by atoms with Crippen molar-refractivity contribution in [3.05, 3.63) is 0 Å². The molecular weight excluding hydrogens is 430 g/mol. The fourth-order valence-electron chi connectivity index (χ4n) is 2.52. The Morgan fingerprint density at radius 2 is 1.45 bits per heavy atom. The van der Waals surface area contributed by atoms with Gasteiger partial charge in [0.1, 0.15) is 18.1 Å². The molecule has 0 saturated carbocycles. The van der Waals surface area contributed by atoms with Crippen LogP contribution >= 0.6 is 11.8 Å². The number of aliphatic hydroxyl groups is 1. The number of carboxylic acids is 1. The van der Waals surface area contributed by atoms with Crippen LogP contribution in [0.5, 0.6) is 0 Å². The van der Waals surface area contributed by atoms with E-state index in [-0.39, 0.29) is 18.8 Å². The summed E-state index contributed by atoms with van der Waals surface area (Å²) in [5.74, 6) is -3.96. The lowest BCUT2D eigenvalue weighted by Crippen LogP contribution is -2.58. The van der Waals surface area contributed by atoms with Crippen LogP contribution in [0.3, 0.4) is 0 Å². The van der Waals surface area contributed by atoms with Gasteiger partial charge in [-0.25, -0.2) is 4.79 Å². The monoisotopic (exact) mass is 463 g/mol. The van der Waals surface area contributed by atoms with Gasteiger partial charge in [-0.2, -0.15) is 11.8 Å². The minimum atomic E-state index is -1.42. The second-order valence-corrected chi connectivity index (χ2v) is 8.38. The summed E-state index contributed by atoms with van der Waals surface area (Å²) >= 11 is 1.41.